The van der Waals surface area contributed by atoms with Gasteiger partial charge in [0.2, 0.25) is 0 Å². The highest BCUT2D eigenvalue weighted by atomic mass is 32.2. The second kappa shape index (κ2) is 7.75. The largest absolute Gasteiger partial charge is 0.478 e. The van der Waals surface area contributed by atoms with E-state index in [-0.39, 0.29) is 16.1 Å². The molecule has 9 nitrogen and oxygen atoms in total. The molecule has 2 aromatic carbocycles. The average molecular weight is 459 g/mol. The van der Waals surface area contributed by atoms with Crippen LogP contribution in [0.2, 0.25) is 0 Å². The highest BCUT2D eigenvalue weighted by molar-refractivity contribution is 7.92. The molecule has 11 heteroatoms. The highest BCUT2D eigenvalue weighted by Crippen LogP contribution is 2.32. The van der Waals surface area contributed by atoms with E-state index in [1.54, 1.807) is 6.92 Å². The Bertz CT molecular complexity index is 1380. The van der Waals surface area contributed by atoms with Gasteiger partial charge in [-0.1, -0.05) is 0 Å². The summed E-state index contributed by atoms with van der Waals surface area (Å²) in [6.07, 6.45) is 4.59. The Morgan fingerprint density at radius 3 is 2.50 bits per heavy atom. The number of fused-ring (bicyclic) bond motifs is 1. The lowest BCUT2D eigenvalue weighted by molar-refractivity contribution is 0.0686. The van der Waals surface area contributed by atoms with Gasteiger partial charge < -0.3 is 10.2 Å². The van der Waals surface area contributed by atoms with Gasteiger partial charge in [-0.3, -0.25) is 4.72 Å². The van der Waals surface area contributed by atoms with Crippen molar-refractivity contribution in [2.75, 3.05) is 4.72 Å². The van der Waals surface area contributed by atoms with Gasteiger partial charge in [0.25, 0.3) is 10.0 Å². The lowest BCUT2D eigenvalue weighted by Crippen LogP contribution is -2.19. The zero-order chi connectivity index (χ0) is 23.2. The molecule has 0 saturated heterocycles. The van der Waals surface area contributed by atoms with Crippen LogP contribution in [0.1, 0.15) is 43.8 Å². The van der Waals surface area contributed by atoms with Gasteiger partial charge in [0.1, 0.15) is 5.69 Å². The normalized spacial score (nSPS) is 13.1. The molecule has 3 aromatic rings. The van der Waals surface area contributed by atoms with Crippen LogP contribution in [0.15, 0.2) is 41.6 Å². The predicted octanol–water partition coefficient (Wildman–Crippen LogP) is 3.01. The fourth-order valence-electron chi connectivity index (χ4n) is 3.77. The highest BCUT2D eigenvalue weighted by Gasteiger charge is 2.28. The number of aryl methyl sites for hydroxylation is 2. The average Bonchev–Trinajstić information content (AvgIpc) is 3.35. The molecule has 1 aliphatic carbocycles. The van der Waals surface area contributed by atoms with Crippen molar-refractivity contribution >= 4 is 27.6 Å². The fourth-order valence-corrected chi connectivity index (χ4v) is 5.18. The van der Waals surface area contributed by atoms with Crippen molar-refractivity contribution in [1.29, 1.82) is 0 Å². The molecule has 0 atom stereocenters. The minimum atomic E-state index is -4.41. The zero-order valence-electron chi connectivity index (χ0n) is 16.8. The van der Waals surface area contributed by atoms with E-state index in [0.717, 1.165) is 28.4 Å². The summed E-state index contributed by atoms with van der Waals surface area (Å²) in [4.78, 5) is 23.0. The number of sulfonamides is 1. The Hall–Kier alpha value is -3.73. The van der Waals surface area contributed by atoms with Crippen LogP contribution in [-0.2, 0) is 22.9 Å². The number of carboxylic acid groups (broad SMARTS) is 2. The van der Waals surface area contributed by atoms with Crippen molar-refractivity contribution in [3.63, 3.8) is 0 Å². The van der Waals surface area contributed by atoms with Crippen LogP contribution in [0.3, 0.4) is 0 Å². The van der Waals surface area contributed by atoms with Gasteiger partial charge in [-0.25, -0.2) is 27.1 Å². The summed E-state index contributed by atoms with van der Waals surface area (Å²) in [6.45, 7) is 1.73. The van der Waals surface area contributed by atoms with Crippen LogP contribution < -0.4 is 4.72 Å². The van der Waals surface area contributed by atoms with Crippen LogP contribution in [0.4, 0.5) is 10.1 Å². The number of carbonyl (C=O) groups is 2. The first-order valence-corrected chi connectivity index (χ1v) is 11.1. The molecule has 0 fully saturated rings. The molecule has 1 aliphatic rings. The molecule has 0 radical (unpaired) electrons. The van der Waals surface area contributed by atoms with Gasteiger partial charge in [0.15, 0.2) is 5.82 Å². The Balaban J connectivity index is 1.81. The molecule has 0 unspecified atom stereocenters. The van der Waals surface area contributed by atoms with Crippen molar-refractivity contribution in [3.8, 4) is 5.69 Å². The summed E-state index contributed by atoms with van der Waals surface area (Å²) in [5, 5.41) is 22.9. The third-order valence-electron chi connectivity index (χ3n) is 5.23. The quantitative estimate of drug-likeness (QED) is 0.515. The van der Waals surface area contributed by atoms with E-state index in [4.69, 9.17) is 0 Å². The molecule has 0 saturated carbocycles. The maximum absolute atomic E-state index is 14.8. The number of aromatic carboxylic acids is 2. The van der Waals surface area contributed by atoms with E-state index in [0.29, 0.717) is 30.4 Å². The summed E-state index contributed by atoms with van der Waals surface area (Å²) >= 11 is 0. The SMILES string of the molecule is Cc1cnn(-c2cc(C(=O)O)c(NS(=O)(=O)c3cc(C(=O)O)cc4c3CCC4)cc2F)c1. The monoisotopic (exact) mass is 459 g/mol. The fraction of sp³-hybridized carbons (Fsp3) is 0.190. The van der Waals surface area contributed by atoms with Crippen molar-refractivity contribution in [2.24, 2.45) is 0 Å². The summed E-state index contributed by atoms with van der Waals surface area (Å²) in [7, 11) is -4.41. The van der Waals surface area contributed by atoms with Crippen LogP contribution in [0.5, 0.6) is 0 Å². The lowest BCUT2D eigenvalue weighted by Gasteiger charge is -2.15. The molecular formula is C21H18FN3O6S. The molecule has 0 aliphatic heterocycles. The van der Waals surface area contributed by atoms with Crippen LogP contribution in [0, 0.1) is 12.7 Å². The van der Waals surface area contributed by atoms with Gasteiger partial charge in [0.05, 0.1) is 27.9 Å². The first-order chi connectivity index (χ1) is 15.1. The number of hydrogen-bond acceptors (Lipinski definition) is 5. The van der Waals surface area contributed by atoms with E-state index in [1.165, 1.54) is 18.5 Å². The number of aromatic nitrogens is 2. The standard InChI is InChI=1S/C21H18FN3O6S/c1-11-9-23-25(10-11)18-7-15(21(28)29)17(8-16(18)22)24-32(30,31)19-6-13(20(26)27)5-12-3-2-4-14(12)19/h5-10,24H,2-4H2,1H3,(H,26,27)(H,28,29). The first-order valence-electron chi connectivity index (χ1n) is 9.57. The second-order valence-corrected chi connectivity index (χ2v) is 9.14. The summed E-state index contributed by atoms with van der Waals surface area (Å²) in [6, 6.07) is 4.23. The number of nitrogens with zero attached hydrogens (tertiary/aromatic N) is 2. The number of halogens is 1. The second-order valence-electron chi connectivity index (χ2n) is 7.49. The molecule has 3 N–H and O–H groups in total. The zero-order valence-corrected chi connectivity index (χ0v) is 17.6. The topological polar surface area (TPSA) is 139 Å². The molecule has 166 valence electrons. The minimum absolute atomic E-state index is 0.160. The van der Waals surface area contributed by atoms with Gasteiger partial charge in [-0.15, -0.1) is 0 Å². The van der Waals surface area contributed by atoms with E-state index in [1.807, 2.05) is 0 Å². The van der Waals surface area contributed by atoms with Gasteiger partial charge in [-0.05, 0) is 61.1 Å². The molecule has 1 aromatic heterocycles. The summed E-state index contributed by atoms with van der Waals surface area (Å²) in [5.41, 5.74) is 0.493. The first kappa shape index (κ1) is 21.5. The predicted molar refractivity (Wildman–Crippen MR) is 111 cm³/mol. The van der Waals surface area contributed by atoms with Crippen molar-refractivity contribution in [2.45, 2.75) is 31.1 Å². The molecule has 4 rings (SSSR count). The number of carboxylic acids is 2. The maximum atomic E-state index is 14.8. The van der Waals surface area contributed by atoms with Gasteiger partial charge in [-0.2, -0.15) is 5.10 Å². The van der Waals surface area contributed by atoms with E-state index in [2.05, 4.69) is 9.82 Å². The van der Waals surface area contributed by atoms with Crippen LogP contribution >= 0.6 is 0 Å². The molecule has 1 heterocycles. The van der Waals surface area contributed by atoms with Crippen molar-refractivity contribution in [3.05, 3.63) is 70.3 Å². The summed E-state index contributed by atoms with van der Waals surface area (Å²) in [5.74, 6) is -3.65. The molecule has 0 amide bonds. The van der Waals surface area contributed by atoms with E-state index < -0.39 is 39.0 Å². The Morgan fingerprint density at radius 1 is 1.12 bits per heavy atom. The molecular weight excluding hydrogens is 441 g/mol. The van der Waals surface area contributed by atoms with Gasteiger partial charge >= 0.3 is 11.9 Å². The third-order valence-corrected chi connectivity index (χ3v) is 6.66. The number of nitrogens with one attached hydrogen (secondary N) is 1. The maximum Gasteiger partial charge on any atom is 0.337 e. The number of anilines is 1. The van der Waals surface area contributed by atoms with Crippen molar-refractivity contribution in [1.82, 2.24) is 9.78 Å². The van der Waals surface area contributed by atoms with E-state index >= 15 is 0 Å². The number of benzene rings is 2. The van der Waals surface area contributed by atoms with Crippen LogP contribution in [-0.4, -0.2) is 40.3 Å². The Kier molecular flexibility index (Phi) is 5.21. The third kappa shape index (κ3) is 3.82. The smallest absolute Gasteiger partial charge is 0.337 e. The van der Waals surface area contributed by atoms with E-state index in [9.17, 15) is 32.6 Å². The van der Waals surface area contributed by atoms with Gasteiger partial charge in [0, 0.05) is 12.3 Å². The molecule has 0 bridgehead atoms. The number of rotatable bonds is 6. The summed E-state index contributed by atoms with van der Waals surface area (Å²) < 4.78 is 44.4. The molecule has 0 spiro atoms. The minimum Gasteiger partial charge on any atom is -0.478 e. The van der Waals surface area contributed by atoms with Crippen LogP contribution in [0.25, 0.3) is 5.69 Å². The number of hydrogen-bond donors (Lipinski definition) is 3. The Labute approximate surface area is 182 Å². The lowest BCUT2D eigenvalue weighted by atomic mass is 10.1. The Morgan fingerprint density at radius 2 is 1.88 bits per heavy atom. The molecule has 32 heavy (non-hydrogen) atoms. The van der Waals surface area contributed by atoms with Crippen molar-refractivity contribution < 1.29 is 32.6 Å².